The van der Waals surface area contributed by atoms with Gasteiger partial charge in [-0.05, 0) is 32.1 Å². The summed E-state index contributed by atoms with van der Waals surface area (Å²) in [6.07, 6.45) is 7.71. The number of ether oxygens (including phenoxy) is 1. The molecule has 2 nitrogen and oxygen atoms in total. The third kappa shape index (κ3) is 2.19. The highest BCUT2D eigenvalue weighted by molar-refractivity contribution is 9.11. The third-order valence-corrected chi connectivity index (χ3v) is 4.03. The molecule has 0 aromatic heterocycles. The quantitative estimate of drug-likeness (QED) is 0.675. The van der Waals surface area contributed by atoms with Crippen LogP contribution in [0.2, 0.25) is 0 Å². The summed E-state index contributed by atoms with van der Waals surface area (Å²) in [5.41, 5.74) is 1.47. The molecule has 14 heavy (non-hydrogen) atoms. The number of hydrogen-bond donors (Lipinski definition) is 0. The second-order valence-electron chi connectivity index (χ2n) is 4.03. The molecule has 0 aromatic carbocycles. The number of carbonyl (C=O) groups excluding carboxylic acids is 1. The first kappa shape index (κ1) is 10.2. The molecule has 2 rings (SSSR count). The van der Waals surface area contributed by atoms with Gasteiger partial charge in [-0.25, -0.2) is 0 Å². The molecule has 2 fully saturated rings. The highest BCUT2D eigenvalue weighted by Crippen LogP contribution is 2.34. The Hall–Kier alpha value is -0.310. The van der Waals surface area contributed by atoms with E-state index in [4.69, 9.17) is 4.74 Å². The molecule has 0 bridgehead atoms. The number of hydrogen-bond acceptors (Lipinski definition) is 2. The first-order valence-corrected chi connectivity index (χ1v) is 6.13. The molecule has 0 radical (unpaired) electrons. The summed E-state index contributed by atoms with van der Waals surface area (Å²) in [7, 11) is 0. The lowest BCUT2D eigenvalue weighted by atomic mass is 9.93. The Morgan fingerprint density at radius 1 is 1.21 bits per heavy atom. The third-order valence-electron chi connectivity index (χ3n) is 2.96. The van der Waals surface area contributed by atoms with Crippen LogP contribution in [0.3, 0.4) is 0 Å². The zero-order valence-corrected chi connectivity index (χ0v) is 9.81. The maximum atomic E-state index is 11.0. The summed E-state index contributed by atoms with van der Waals surface area (Å²) in [6, 6.07) is 0. The number of carbonyl (C=O) groups is 1. The van der Waals surface area contributed by atoms with Crippen LogP contribution in [0, 0.1) is 0 Å². The van der Waals surface area contributed by atoms with Crippen LogP contribution >= 0.6 is 15.9 Å². The van der Waals surface area contributed by atoms with Crippen LogP contribution in [0.25, 0.3) is 0 Å². The lowest BCUT2D eigenvalue weighted by Gasteiger charge is -2.18. The van der Waals surface area contributed by atoms with Crippen LogP contribution in [-0.4, -0.2) is 12.1 Å². The Morgan fingerprint density at radius 2 is 1.93 bits per heavy atom. The minimum atomic E-state index is -0.0524. The van der Waals surface area contributed by atoms with Crippen molar-refractivity contribution in [2.24, 2.45) is 0 Å². The van der Waals surface area contributed by atoms with Crippen LogP contribution in [0.1, 0.15) is 44.9 Å². The van der Waals surface area contributed by atoms with Crippen LogP contribution in [0.4, 0.5) is 0 Å². The zero-order valence-electron chi connectivity index (χ0n) is 8.22. The minimum absolute atomic E-state index is 0.0237. The van der Waals surface area contributed by atoms with E-state index in [0.29, 0.717) is 6.42 Å². The molecular weight excluding hydrogens is 244 g/mol. The molecule has 0 amide bonds. The molecule has 78 valence electrons. The summed E-state index contributed by atoms with van der Waals surface area (Å²) in [4.78, 5) is 11.0. The average molecular weight is 259 g/mol. The molecule has 0 N–H and O–H groups in total. The fourth-order valence-corrected chi connectivity index (χ4v) is 2.87. The molecule has 1 heterocycles. The van der Waals surface area contributed by atoms with Crippen LogP contribution < -0.4 is 0 Å². The van der Waals surface area contributed by atoms with E-state index in [1.54, 1.807) is 0 Å². The van der Waals surface area contributed by atoms with E-state index in [-0.39, 0.29) is 12.1 Å². The molecule has 0 aromatic rings. The summed E-state index contributed by atoms with van der Waals surface area (Å²) in [5.74, 6) is -0.0524. The van der Waals surface area contributed by atoms with Gasteiger partial charge in [-0.3, -0.25) is 4.79 Å². The summed E-state index contributed by atoms with van der Waals surface area (Å²) in [6.45, 7) is 0. The maximum Gasteiger partial charge on any atom is 0.306 e. The van der Waals surface area contributed by atoms with Crippen molar-refractivity contribution in [1.29, 1.82) is 0 Å². The summed E-state index contributed by atoms with van der Waals surface area (Å²) in [5, 5.41) is 0. The van der Waals surface area contributed by atoms with E-state index in [9.17, 15) is 4.79 Å². The van der Waals surface area contributed by atoms with Gasteiger partial charge in [-0.2, -0.15) is 0 Å². The lowest BCUT2D eigenvalue weighted by molar-refractivity contribution is -0.140. The van der Waals surface area contributed by atoms with Gasteiger partial charge in [0.2, 0.25) is 0 Å². The molecule has 1 atom stereocenters. The smallest absolute Gasteiger partial charge is 0.306 e. The maximum absolute atomic E-state index is 11.0. The van der Waals surface area contributed by atoms with E-state index >= 15 is 0 Å². The second kappa shape index (κ2) is 4.47. The van der Waals surface area contributed by atoms with Crippen molar-refractivity contribution in [1.82, 2.24) is 0 Å². The molecule has 1 aliphatic heterocycles. The van der Waals surface area contributed by atoms with Crippen molar-refractivity contribution in [3.8, 4) is 0 Å². The molecule has 3 heteroatoms. The summed E-state index contributed by atoms with van der Waals surface area (Å²) >= 11 is 3.60. The lowest BCUT2D eigenvalue weighted by Crippen LogP contribution is -2.10. The van der Waals surface area contributed by atoms with Crippen molar-refractivity contribution in [2.75, 3.05) is 0 Å². The number of allylic oxidation sites excluding steroid dienone is 1. The molecule has 2 aliphatic rings. The van der Waals surface area contributed by atoms with Crippen molar-refractivity contribution < 1.29 is 9.53 Å². The Bertz CT molecular complexity index is 262. The Morgan fingerprint density at radius 3 is 2.50 bits per heavy atom. The predicted octanol–water partition coefficient (Wildman–Crippen LogP) is 3.31. The van der Waals surface area contributed by atoms with Crippen molar-refractivity contribution in [2.45, 2.75) is 51.0 Å². The van der Waals surface area contributed by atoms with Gasteiger partial charge in [-0.1, -0.05) is 27.9 Å². The van der Waals surface area contributed by atoms with Gasteiger partial charge in [0.05, 0.1) is 0 Å². The van der Waals surface area contributed by atoms with Crippen LogP contribution in [-0.2, 0) is 9.53 Å². The number of cyclic esters (lactones) is 1. The van der Waals surface area contributed by atoms with Gasteiger partial charge >= 0.3 is 5.97 Å². The number of esters is 1. The predicted molar refractivity (Wildman–Crippen MR) is 58.2 cm³/mol. The molecule has 0 spiro atoms. The number of rotatable bonds is 1. The highest BCUT2D eigenvalue weighted by Gasteiger charge is 2.27. The van der Waals surface area contributed by atoms with Gasteiger partial charge in [0.25, 0.3) is 0 Å². The highest BCUT2D eigenvalue weighted by atomic mass is 79.9. The molecule has 1 saturated carbocycles. The Balaban J connectivity index is 2.04. The first-order chi connectivity index (χ1) is 6.77. The molecule has 0 unspecified atom stereocenters. The van der Waals surface area contributed by atoms with Gasteiger partial charge in [0, 0.05) is 10.9 Å². The SMILES string of the molecule is O=C1CC[C@@H](C(Br)=C2CCCCC2)O1. The van der Waals surface area contributed by atoms with E-state index in [0.717, 1.165) is 10.9 Å². The van der Waals surface area contributed by atoms with Crippen LogP contribution in [0.15, 0.2) is 10.1 Å². The monoisotopic (exact) mass is 258 g/mol. The summed E-state index contributed by atoms with van der Waals surface area (Å²) < 4.78 is 6.39. The fourth-order valence-electron chi connectivity index (χ4n) is 2.15. The number of halogens is 1. The van der Waals surface area contributed by atoms with Gasteiger partial charge in [-0.15, -0.1) is 0 Å². The largest absolute Gasteiger partial charge is 0.457 e. The zero-order chi connectivity index (χ0) is 9.97. The standard InChI is InChI=1S/C11H15BrO2/c12-11(8-4-2-1-3-5-8)9-6-7-10(13)14-9/h9H,1-7H2/t9-/m0/s1. The average Bonchev–Trinajstić information content (AvgIpc) is 2.65. The normalized spacial score (nSPS) is 27.6. The second-order valence-corrected chi connectivity index (χ2v) is 4.88. The van der Waals surface area contributed by atoms with E-state index in [1.807, 2.05) is 0 Å². The minimum Gasteiger partial charge on any atom is -0.457 e. The fraction of sp³-hybridized carbons (Fsp3) is 0.727. The van der Waals surface area contributed by atoms with Crippen LogP contribution in [0.5, 0.6) is 0 Å². The van der Waals surface area contributed by atoms with Gasteiger partial charge < -0.3 is 4.74 Å². The van der Waals surface area contributed by atoms with Crippen molar-refractivity contribution in [3.63, 3.8) is 0 Å². The van der Waals surface area contributed by atoms with Gasteiger partial charge in [0.15, 0.2) is 0 Å². The van der Waals surface area contributed by atoms with E-state index in [2.05, 4.69) is 15.9 Å². The van der Waals surface area contributed by atoms with Gasteiger partial charge in [0.1, 0.15) is 6.10 Å². The van der Waals surface area contributed by atoms with E-state index < -0.39 is 0 Å². The molecular formula is C11H15BrO2. The first-order valence-electron chi connectivity index (χ1n) is 5.34. The topological polar surface area (TPSA) is 26.3 Å². The molecule has 1 aliphatic carbocycles. The van der Waals surface area contributed by atoms with E-state index in [1.165, 1.54) is 37.7 Å². The van der Waals surface area contributed by atoms with Crippen molar-refractivity contribution >= 4 is 21.9 Å². The van der Waals surface area contributed by atoms with Crippen molar-refractivity contribution in [3.05, 3.63) is 10.1 Å². The Kier molecular flexibility index (Phi) is 3.26. The molecule has 1 saturated heterocycles. The Labute approximate surface area is 92.8 Å².